The van der Waals surface area contributed by atoms with Crippen molar-refractivity contribution in [3.8, 4) is 0 Å². The first-order valence-corrected chi connectivity index (χ1v) is 5.50. The number of aryl methyl sites for hydroxylation is 2. The second-order valence-corrected chi connectivity index (χ2v) is 4.24. The third-order valence-electron chi connectivity index (χ3n) is 2.84. The van der Waals surface area contributed by atoms with Crippen molar-refractivity contribution in [3.63, 3.8) is 0 Å². The summed E-state index contributed by atoms with van der Waals surface area (Å²) in [6, 6.07) is 0. The summed E-state index contributed by atoms with van der Waals surface area (Å²) in [4.78, 5) is 3.94. The molecule has 0 aromatic carbocycles. The SMILES string of the molecule is C=C(C)C(F)(F)c1nc2n(n1)CCCCC2. The van der Waals surface area contributed by atoms with E-state index < -0.39 is 11.7 Å². The van der Waals surface area contributed by atoms with Gasteiger partial charge in [0.2, 0.25) is 5.82 Å². The molecule has 1 aromatic rings. The van der Waals surface area contributed by atoms with Gasteiger partial charge in [0.1, 0.15) is 5.82 Å². The van der Waals surface area contributed by atoms with Crippen molar-refractivity contribution in [1.82, 2.24) is 14.8 Å². The van der Waals surface area contributed by atoms with Gasteiger partial charge in [-0.3, -0.25) is 0 Å². The molecule has 2 heterocycles. The number of hydrogen-bond acceptors (Lipinski definition) is 2. The summed E-state index contributed by atoms with van der Waals surface area (Å²) >= 11 is 0. The summed E-state index contributed by atoms with van der Waals surface area (Å²) in [7, 11) is 0. The second kappa shape index (κ2) is 3.96. The van der Waals surface area contributed by atoms with Crippen LogP contribution >= 0.6 is 0 Å². The number of nitrogens with zero attached hydrogens (tertiary/aromatic N) is 3. The highest BCUT2D eigenvalue weighted by molar-refractivity contribution is 5.14. The molecule has 5 heteroatoms. The lowest BCUT2D eigenvalue weighted by Gasteiger charge is -2.11. The molecule has 2 rings (SSSR count). The summed E-state index contributed by atoms with van der Waals surface area (Å²) in [5.74, 6) is -2.84. The molecular formula is C11H15F2N3. The van der Waals surface area contributed by atoms with Gasteiger partial charge in [0.05, 0.1) is 0 Å². The monoisotopic (exact) mass is 227 g/mol. The highest BCUT2D eigenvalue weighted by Gasteiger charge is 2.38. The normalized spacial score (nSPS) is 16.7. The van der Waals surface area contributed by atoms with Crippen LogP contribution in [0.15, 0.2) is 12.2 Å². The van der Waals surface area contributed by atoms with Crippen molar-refractivity contribution in [2.24, 2.45) is 0 Å². The van der Waals surface area contributed by atoms with Crippen LogP contribution in [0.25, 0.3) is 0 Å². The Kier molecular flexibility index (Phi) is 2.78. The summed E-state index contributed by atoms with van der Waals surface area (Å²) in [5, 5.41) is 3.90. The van der Waals surface area contributed by atoms with Crippen LogP contribution in [-0.2, 0) is 18.9 Å². The van der Waals surface area contributed by atoms with Gasteiger partial charge in [-0.25, -0.2) is 9.67 Å². The van der Waals surface area contributed by atoms with E-state index in [0.29, 0.717) is 12.4 Å². The quantitative estimate of drug-likeness (QED) is 0.727. The van der Waals surface area contributed by atoms with Crippen LogP contribution < -0.4 is 0 Å². The molecule has 0 saturated heterocycles. The van der Waals surface area contributed by atoms with Crippen LogP contribution in [0.2, 0.25) is 0 Å². The van der Waals surface area contributed by atoms with E-state index in [9.17, 15) is 8.78 Å². The van der Waals surface area contributed by atoms with Gasteiger partial charge in [0, 0.05) is 13.0 Å². The predicted octanol–water partition coefficient (Wildman–Crippen LogP) is 2.67. The van der Waals surface area contributed by atoms with Gasteiger partial charge in [0.25, 0.3) is 0 Å². The fraction of sp³-hybridized carbons (Fsp3) is 0.636. The van der Waals surface area contributed by atoms with Crippen molar-refractivity contribution in [3.05, 3.63) is 23.8 Å². The van der Waals surface area contributed by atoms with Crippen LogP contribution in [0.3, 0.4) is 0 Å². The smallest absolute Gasteiger partial charge is 0.250 e. The number of halogens is 2. The van der Waals surface area contributed by atoms with E-state index in [2.05, 4.69) is 16.7 Å². The molecule has 1 aliphatic rings. The minimum Gasteiger partial charge on any atom is -0.250 e. The molecule has 0 bridgehead atoms. The molecule has 0 unspecified atom stereocenters. The maximum Gasteiger partial charge on any atom is 0.329 e. The number of hydrogen-bond donors (Lipinski definition) is 0. The van der Waals surface area contributed by atoms with Gasteiger partial charge in [-0.05, 0) is 25.3 Å². The van der Waals surface area contributed by atoms with E-state index >= 15 is 0 Å². The first kappa shape index (κ1) is 11.2. The predicted molar refractivity (Wildman–Crippen MR) is 56.3 cm³/mol. The molecule has 16 heavy (non-hydrogen) atoms. The fourth-order valence-corrected chi connectivity index (χ4v) is 1.78. The van der Waals surface area contributed by atoms with E-state index in [1.807, 2.05) is 0 Å². The summed E-state index contributed by atoms with van der Waals surface area (Å²) < 4.78 is 28.9. The molecule has 3 nitrogen and oxygen atoms in total. The zero-order valence-electron chi connectivity index (χ0n) is 9.34. The zero-order chi connectivity index (χ0) is 11.8. The van der Waals surface area contributed by atoms with Crippen LogP contribution in [0, 0.1) is 0 Å². The Morgan fingerprint density at radius 1 is 1.38 bits per heavy atom. The maximum atomic E-state index is 13.6. The van der Waals surface area contributed by atoms with Crippen LogP contribution in [0.4, 0.5) is 8.78 Å². The van der Waals surface area contributed by atoms with E-state index in [1.54, 1.807) is 4.68 Å². The van der Waals surface area contributed by atoms with Crippen molar-refractivity contribution in [1.29, 1.82) is 0 Å². The van der Waals surface area contributed by atoms with Gasteiger partial charge >= 0.3 is 5.92 Å². The fourth-order valence-electron chi connectivity index (χ4n) is 1.78. The van der Waals surface area contributed by atoms with Crippen LogP contribution in [0.5, 0.6) is 0 Å². The van der Waals surface area contributed by atoms with E-state index in [0.717, 1.165) is 25.7 Å². The number of fused-ring (bicyclic) bond motifs is 1. The topological polar surface area (TPSA) is 30.7 Å². The highest BCUT2D eigenvalue weighted by atomic mass is 19.3. The minimum absolute atomic E-state index is 0.215. The lowest BCUT2D eigenvalue weighted by molar-refractivity contribution is 0.0284. The van der Waals surface area contributed by atoms with Gasteiger partial charge in [-0.15, -0.1) is 5.10 Å². The first-order valence-electron chi connectivity index (χ1n) is 5.50. The molecular weight excluding hydrogens is 212 g/mol. The number of allylic oxidation sites excluding steroid dienone is 1. The molecule has 0 radical (unpaired) electrons. The number of alkyl halides is 2. The molecule has 0 saturated carbocycles. The summed E-state index contributed by atoms with van der Waals surface area (Å²) in [5.41, 5.74) is -0.215. The summed E-state index contributed by atoms with van der Waals surface area (Å²) in [6.07, 6.45) is 3.82. The third kappa shape index (κ3) is 1.86. The van der Waals surface area contributed by atoms with Crippen molar-refractivity contribution in [2.75, 3.05) is 0 Å². The van der Waals surface area contributed by atoms with Gasteiger partial charge in [-0.1, -0.05) is 13.0 Å². The van der Waals surface area contributed by atoms with Gasteiger partial charge in [0.15, 0.2) is 0 Å². The average molecular weight is 227 g/mol. The molecule has 1 aliphatic heterocycles. The second-order valence-electron chi connectivity index (χ2n) is 4.24. The van der Waals surface area contributed by atoms with E-state index in [4.69, 9.17) is 0 Å². The average Bonchev–Trinajstić information content (AvgIpc) is 2.51. The van der Waals surface area contributed by atoms with Crippen molar-refractivity contribution >= 4 is 0 Å². The zero-order valence-corrected chi connectivity index (χ0v) is 9.34. The third-order valence-corrected chi connectivity index (χ3v) is 2.84. The standard InChI is InChI=1S/C11H15F2N3/c1-8(2)11(12,13)10-14-9-6-4-3-5-7-16(9)15-10/h1,3-7H2,2H3. The Balaban J connectivity index is 2.34. The minimum atomic E-state index is -3.11. The Bertz CT molecular complexity index is 386. The molecule has 0 aliphatic carbocycles. The van der Waals surface area contributed by atoms with Crippen LogP contribution in [0.1, 0.15) is 37.8 Å². The highest BCUT2D eigenvalue weighted by Crippen LogP contribution is 2.32. The Labute approximate surface area is 93.2 Å². The number of rotatable bonds is 2. The molecule has 88 valence electrons. The molecule has 1 aromatic heterocycles. The Morgan fingerprint density at radius 2 is 2.12 bits per heavy atom. The molecule has 0 amide bonds. The molecule has 0 fully saturated rings. The molecule has 0 N–H and O–H groups in total. The van der Waals surface area contributed by atoms with Crippen molar-refractivity contribution < 1.29 is 8.78 Å². The lowest BCUT2D eigenvalue weighted by Crippen LogP contribution is -2.17. The number of aromatic nitrogens is 3. The summed E-state index contributed by atoms with van der Waals surface area (Å²) in [6.45, 7) is 5.28. The maximum absolute atomic E-state index is 13.6. The van der Waals surface area contributed by atoms with Crippen molar-refractivity contribution in [2.45, 2.75) is 45.1 Å². The lowest BCUT2D eigenvalue weighted by atomic mass is 10.2. The Hall–Kier alpha value is -1.26. The van der Waals surface area contributed by atoms with Gasteiger partial charge < -0.3 is 0 Å². The van der Waals surface area contributed by atoms with Gasteiger partial charge in [-0.2, -0.15) is 8.78 Å². The molecule has 0 atom stereocenters. The van der Waals surface area contributed by atoms with E-state index in [1.165, 1.54) is 6.92 Å². The largest absolute Gasteiger partial charge is 0.329 e. The van der Waals surface area contributed by atoms with E-state index in [-0.39, 0.29) is 5.57 Å². The Morgan fingerprint density at radius 3 is 2.81 bits per heavy atom. The van der Waals surface area contributed by atoms with Crippen LogP contribution in [-0.4, -0.2) is 14.8 Å². The molecule has 0 spiro atoms. The first-order chi connectivity index (χ1) is 7.51.